The van der Waals surface area contributed by atoms with Crippen molar-refractivity contribution in [1.29, 1.82) is 0 Å². The van der Waals surface area contributed by atoms with E-state index < -0.39 is 6.23 Å². The molecule has 2 N–H and O–H groups in total. The third-order valence-corrected chi connectivity index (χ3v) is 2.83. The third-order valence-electron chi connectivity index (χ3n) is 1.93. The monoisotopic (exact) mass is 255 g/mol. The largest absolute Gasteiger partial charge is 0.378 e. The first-order chi connectivity index (χ1) is 8.11. The fourth-order valence-corrected chi connectivity index (χ4v) is 1.57. The van der Waals surface area contributed by atoms with Crippen LogP contribution in [-0.4, -0.2) is 16.4 Å². The molecule has 0 amide bonds. The molecule has 17 heavy (non-hydrogen) atoms. The fraction of sp³-hybridized carbons (Fsp3) is 0.462. The van der Waals surface area contributed by atoms with Crippen molar-refractivity contribution in [2.24, 2.45) is 0 Å². The van der Waals surface area contributed by atoms with Gasteiger partial charge in [-0.1, -0.05) is 43.7 Å². The van der Waals surface area contributed by atoms with Gasteiger partial charge >= 0.3 is 0 Å². The van der Waals surface area contributed by atoms with E-state index in [9.17, 15) is 9.90 Å². The molecule has 0 bridgehead atoms. The number of aliphatic hydroxyl groups is 1. The minimum absolute atomic E-state index is 0.0784. The van der Waals surface area contributed by atoms with Crippen LogP contribution < -0.4 is 4.72 Å². The summed E-state index contributed by atoms with van der Waals surface area (Å²) in [6, 6.07) is 0. The molecule has 4 heteroatoms. The van der Waals surface area contributed by atoms with Crippen molar-refractivity contribution in [2.75, 3.05) is 0 Å². The van der Waals surface area contributed by atoms with Gasteiger partial charge in [0.25, 0.3) is 0 Å². The Labute approximate surface area is 108 Å². The number of aliphatic hydroxyl groups excluding tert-OH is 1. The van der Waals surface area contributed by atoms with Gasteiger partial charge in [0.15, 0.2) is 0 Å². The Balaban J connectivity index is 4.05. The number of carbonyl (C=O) groups is 1. The van der Waals surface area contributed by atoms with Crippen molar-refractivity contribution in [2.45, 2.75) is 39.8 Å². The second-order valence-corrected chi connectivity index (χ2v) is 4.38. The van der Waals surface area contributed by atoms with Gasteiger partial charge in [0, 0.05) is 17.5 Å². The van der Waals surface area contributed by atoms with Gasteiger partial charge in [0.2, 0.25) is 5.12 Å². The molecule has 96 valence electrons. The molecule has 1 unspecified atom stereocenters. The number of allylic oxidation sites excluding steroid dienone is 5. The highest BCUT2D eigenvalue weighted by molar-refractivity contribution is 8.12. The summed E-state index contributed by atoms with van der Waals surface area (Å²) in [5, 5.41) is 9.32. The van der Waals surface area contributed by atoms with Crippen LogP contribution in [0.1, 0.15) is 33.6 Å². The second-order valence-electron chi connectivity index (χ2n) is 3.57. The average Bonchev–Trinajstić information content (AvgIpc) is 2.31. The van der Waals surface area contributed by atoms with Crippen molar-refractivity contribution < 1.29 is 9.90 Å². The molecule has 0 radical (unpaired) electrons. The molecule has 0 aliphatic heterocycles. The van der Waals surface area contributed by atoms with Gasteiger partial charge < -0.3 is 5.11 Å². The Morgan fingerprint density at radius 1 is 1.41 bits per heavy atom. The predicted molar refractivity (Wildman–Crippen MR) is 74.4 cm³/mol. The van der Waals surface area contributed by atoms with Gasteiger partial charge in [-0.05, 0) is 20.3 Å². The number of carbonyl (C=O) groups excluding carboxylic acids is 1. The van der Waals surface area contributed by atoms with Crippen LogP contribution in [0.4, 0.5) is 0 Å². The van der Waals surface area contributed by atoms with Crippen LogP contribution >= 0.6 is 11.9 Å². The summed E-state index contributed by atoms with van der Waals surface area (Å²) in [5.74, 6) is 0. The third kappa shape index (κ3) is 8.92. The van der Waals surface area contributed by atoms with Gasteiger partial charge in [-0.2, -0.15) is 0 Å². The second kappa shape index (κ2) is 10.3. The molecule has 0 saturated heterocycles. The molecule has 0 heterocycles. The first kappa shape index (κ1) is 16.2. The molecular weight excluding hydrogens is 234 g/mol. The van der Waals surface area contributed by atoms with Gasteiger partial charge in [-0.15, -0.1) is 0 Å². The van der Waals surface area contributed by atoms with E-state index in [0.717, 1.165) is 18.4 Å². The van der Waals surface area contributed by atoms with Crippen LogP contribution in [0.2, 0.25) is 0 Å². The van der Waals surface area contributed by atoms with Crippen molar-refractivity contribution in [3.8, 4) is 0 Å². The first-order valence-corrected chi connectivity index (χ1v) is 6.54. The lowest BCUT2D eigenvalue weighted by Crippen LogP contribution is -2.23. The van der Waals surface area contributed by atoms with E-state index in [4.69, 9.17) is 0 Å². The zero-order valence-corrected chi connectivity index (χ0v) is 11.5. The fourth-order valence-electron chi connectivity index (χ4n) is 0.978. The summed E-state index contributed by atoms with van der Waals surface area (Å²) in [6.45, 7) is 5.67. The van der Waals surface area contributed by atoms with Crippen LogP contribution in [-0.2, 0) is 4.79 Å². The predicted octanol–water partition coefficient (Wildman–Crippen LogP) is 2.95. The Morgan fingerprint density at radius 2 is 2.12 bits per heavy atom. The lowest BCUT2D eigenvalue weighted by Gasteiger charge is -2.09. The lowest BCUT2D eigenvalue weighted by molar-refractivity contribution is -0.107. The number of hydrogen-bond donors (Lipinski definition) is 2. The normalized spacial score (nSPS) is 14.7. The zero-order valence-electron chi connectivity index (χ0n) is 10.6. The molecular formula is C13H21NO2S. The summed E-state index contributed by atoms with van der Waals surface area (Å²) in [7, 11) is 0. The maximum atomic E-state index is 11.6. The van der Waals surface area contributed by atoms with Crippen molar-refractivity contribution in [3.63, 3.8) is 0 Å². The molecule has 1 atom stereocenters. The van der Waals surface area contributed by atoms with E-state index >= 15 is 0 Å². The minimum atomic E-state index is -0.625. The Bertz CT molecular complexity index is 309. The molecule has 3 nitrogen and oxygen atoms in total. The highest BCUT2D eigenvalue weighted by Gasteiger charge is 2.08. The summed E-state index contributed by atoms with van der Waals surface area (Å²) in [6.07, 6.45) is 10.1. The van der Waals surface area contributed by atoms with E-state index in [1.807, 2.05) is 38.2 Å². The SMILES string of the molecule is C\C=C/C=C\C=C(/C)C(=O)SNC(O)CCC. The van der Waals surface area contributed by atoms with Crippen LogP contribution in [0.5, 0.6) is 0 Å². The number of hydrogen-bond acceptors (Lipinski definition) is 4. The van der Waals surface area contributed by atoms with Crippen molar-refractivity contribution >= 4 is 17.1 Å². The van der Waals surface area contributed by atoms with Gasteiger partial charge in [0.1, 0.15) is 6.23 Å². The molecule has 0 spiro atoms. The highest BCUT2D eigenvalue weighted by atomic mass is 32.2. The molecule has 0 aliphatic carbocycles. The maximum absolute atomic E-state index is 11.6. The number of nitrogens with one attached hydrogen (secondary N) is 1. The van der Waals surface area contributed by atoms with Crippen molar-refractivity contribution in [1.82, 2.24) is 4.72 Å². The van der Waals surface area contributed by atoms with E-state index in [1.165, 1.54) is 0 Å². The Morgan fingerprint density at radius 3 is 2.71 bits per heavy atom. The molecule has 0 aromatic rings. The lowest BCUT2D eigenvalue weighted by atomic mass is 10.3. The van der Waals surface area contributed by atoms with E-state index in [1.54, 1.807) is 13.0 Å². The van der Waals surface area contributed by atoms with Crippen LogP contribution in [0.3, 0.4) is 0 Å². The summed E-state index contributed by atoms with van der Waals surface area (Å²) in [4.78, 5) is 11.6. The number of rotatable bonds is 7. The maximum Gasteiger partial charge on any atom is 0.229 e. The van der Waals surface area contributed by atoms with Crippen LogP contribution in [0.25, 0.3) is 0 Å². The smallest absolute Gasteiger partial charge is 0.229 e. The Kier molecular flexibility index (Phi) is 9.81. The quantitative estimate of drug-likeness (QED) is 0.318. The molecule has 0 rings (SSSR count). The molecule has 0 aromatic carbocycles. The molecule has 0 fully saturated rings. The van der Waals surface area contributed by atoms with Crippen LogP contribution in [0.15, 0.2) is 36.0 Å². The van der Waals surface area contributed by atoms with E-state index in [-0.39, 0.29) is 5.12 Å². The topological polar surface area (TPSA) is 49.3 Å². The Hall–Kier alpha value is -0.840. The standard InChI is InChI=1S/C13H21NO2S/c1-4-6-7-8-10-11(3)13(16)17-14-12(15)9-5-2/h4,6-8,10,12,14-15H,5,9H2,1-3H3/b6-4-,8-7-,11-10+. The van der Waals surface area contributed by atoms with Crippen LogP contribution in [0, 0.1) is 0 Å². The zero-order chi connectivity index (χ0) is 13.1. The molecule has 0 aliphatic rings. The average molecular weight is 255 g/mol. The van der Waals surface area contributed by atoms with Gasteiger partial charge in [-0.3, -0.25) is 4.79 Å². The first-order valence-electron chi connectivity index (χ1n) is 5.72. The van der Waals surface area contributed by atoms with Crippen molar-refractivity contribution in [3.05, 3.63) is 36.0 Å². The van der Waals surface area contributed by atoms with Gasteiger partial charge in [0.05, 0.1) is 0 Å². The summed E-state index contributed by atoms with van der Waals surface area (Å²) >= 11 is 0.937. The highest BCUT2D eigenvalue weighted by Crippen LogP contribution is 2.08. The molecule has 0 saturated carbocycles. The van der Waals surface area contributed by atoms with E-state index in [2.05, 4.69) is 4.72 Å². The summed E-state index contributed by atoms with van der Waals surface area (Å²) in [5.41, 5.74) is 0.645. The minimum Gasteiger partial charge on any atom is -0.378 e. The van der Waals surface area contributed by atoms with E-state index in [0.29, 0.717) is 12.0 Å². The van der Waals surface area contributed by atoms with Gasteiger partial charge in [-0.25, -0.2) is 4.72 Å². The molecule has 0 aromatic heterocycles. The summed E-state index contributed by atoms with van der Waals surface area (Å²) < 4.78 is 2.71.